The second-order valence-corrected chi connectivity index (χ2v) is 7.26. The fraction of sp³-hybridized carbons (Fsp3) is 0.118. The molecule has 12 nitrogen and oxygen atoms in total. The molecule has 2 aromatic carbocycles. The fourth-order valence-electron chi connectivity index (χ4n) is 2.08. The number of urea groups is 1. The number of primary amides is 1. The first-order valence-electron chi connectivity index (χ1n) is 8.10. The van der Waals surface area contributed by atoms with Gasteiger partial charge in [-0.05, 0) is 37.3 Å². The first-order valence-corrected chi connectivity index (χ1v) is 9.50. The number of hydrogen-bond acceptors (Lipinski definition) is 9. The van der Waals surface area contributed by atoms with Crippen LogP contribution in [0.2, 0.25) is 0 Å². The van der Waals surface area contributed by atoms with Crippen molar-refractivity contribution in [1.29, 1.82) is 0 Å². The second kappa shape index (κ2) is 9.00. The number of nitrogens with one attached hydrogen (secondary N) is 1. The summed E-state index contributed by atoms with van der Waals surface area (Å²) in [6.07, 6.45) is -1.31. The Morgan fingerprint density at radius 2 is 1.77 bits per heavy atom. The number of nitrogens with two attached hydrogens (primary N) is 1. The summed E-state index contributed by atoms with van der Waals surface area (Å²) in [6, 6.07) is 7.87. The topological polar surface area (TPSA) is 185 Å². The Kier molecular flexibility index (Phi) is 6.69. The molecule has 0 unspecified atom stereocenters. The summed E-state index contributed by atoms with van der Waals surface area (Å²) in [4.78, 5) is 43.8. The molecule has 0 heterocycles. The number of hydrogen-bond donors (Lipinski definition) is 2. The van der Waals surface area contributed by atoms with Gasteiger partial charge in [0.05, 0.1) is 10.5 Å². The normalized spacial score (nSPS) is 11.8. The summed E-state index contributed by atoms with van der Waals surface area (Å²) in [5, 5.41) is 12.5. The molecule has 0 fully saturated rings. The number of carbonyl (C=O) groups is 3. The van der Waals surface area contributed by atoms with Gasteiger partial charge in [-0.2, -0.15) is 8.42 Å². The molecule has 0 saturated heterocycles. The number of amides is 3. The molecule has 0 bridgehead atoms. The summed E-state index contributed by atoms with van der Waals surface area (Å²) in [5.41, 5.74) is 4.34. The lowest BCUT2D eigenvalue weighted by Gasteiger charge is -2.12. The zero-order valence-electron chi connectivity index (χ0n) is 15.3. The zero-order valence-corrected chi connectivity index (χ0v) is 16.1. The number of rotatable bonds is 7. The maximum absolute atomic E-state index is 12.3. The molecule has 0 aliphatic carbocycles. The highest BCUT2D eigenvalue weighted by atomic mass is 32.2. The number of carbonyl (C=O) groups excluding carboxylic acids is 3. The molecule has 158 valence electrons. The molecular weight excluding hydrogens is 422 g/mol. The molecule has 1 atom stereocenters. The summed E-state index contributed by atoms with van der Waals surface area (Å²) < 4.78 is 34.3. The van der Waals surface area contributed by atoms with Crippen molar-refractivity contribution in [3.05, 3.63) is 64.2 Å². The van der Waals surface area contributed by atoms with Crippen LogP contribution in [-0.4, -0.2) is 37.4 Å². The van der Waals surface area contributed by atoms with Gasteiger partial charge >= 0.3 is 22.1 Å². The molecule has 2 rings (SSSR count). The van der Waals surface area contributed by atoms with Crippen LogP contribution in [0.1, 0.15) is 17.3 Å². The van der Waals surface area contributed by atoms with Crippen molar-refractivity contribution in [2.45, 2.75) is 17.9 Å². The minimum absolute atomic E-state index is 0.0335. The van der Waals surface area contributed by atoms with Gasteiger partial charge in [0.1, 0.15) is 10.6 Å². The van der Waals surface area contributed by atoms with Crippen LogP contribution in [0.15, 0.2) is 53.4 Å². The van der Waals surface area contributed by atoms with E-state index in [1.807, 2.05) is 0 Å². The third-order valence-electron chi connectivity index (χ3n) is 3.51. The number of nitro groups is 1. The summed E-state index contributed by atoms with van der Waals surface area (Å²) in [7, 11) is -4.36. The molecule has 0 spiro atoms. The molecular formula is C17H15N3O9S. The number of nitrogens with zero attached hydrogens (tertiary/aromatic N) is 1. The number of esters is 1. The Bertz CT molecular complexity index is 1100. The first kappa shape index (κ1) is 22.3. The number of imide groups is 1. The highest BCUT2D eigenvalue weighted by molar-refractivity contribution is 7.87. The Morgan fingerprint density at radius 1 is 1.13 bits per heavy atom. The van der Waals surface area contributed by atoms with Crippen LogP contribution in [0.3, 0.4) is 0 Å². The fourth-order valence-corrected chi connectivity index (χ4v) is 3.05. The molecule has 0 radical (unpaired) electrons. The zero-order chi connectivity index (χ0) is 22.5. The van der Waals surface area contributed by atoms with Gasteiger partial charge in [-0.15, -0.1) is 0 Å². The van der Waals surface area contributed by atoms with E-state index in [1.165, 1.54) is 25.1 Å². The van der Waals surface area contributed by atoms with Crippen LogP contribution < -0.4 is 15.2 Å². The van der Waals surface area contributed by atoms with Gasteiger partial charge in [0.2, 0.25) is 0 Å². The van der Waals surface area contributed by atoms with Crippen molar-refractivity contribution in [2.75, 3.05) is 0 Å². The van der Waals surface area contributed by atoms with E-state index in [0.29, 0.717) is 0 Å². The lowest BCUT2D eigenvalue weighted by Crippen LogP contribution is -2.42. The van der Waals surface area contributed by atoms with Gasteiger partial charge in [-0.1, -0.05) is 6.07 Å². The molecule has 30 heavy (non-hydrogen) atoms. The minimum Gasteiger partial charge on any atom is -0.449 e. The third-order valence-corrected chi connectivity index (χ3v) is 4.76. The van der Waals surface area contributed by atoms with E-state index < -0.39 is 49.6 Å². The Hall–Kier alpha value is -4.00. The molecule has 13 heteroatoms. The van der Waals surface area contributed by atoms with Crippen LogP contribution in [-0.2, 0) is 19.6 Å². The maximum Gasteiger partial charge on any atom is 0.339 e. The number of nitro benzene ring substituents is 1. The van der Waals surface area contributed by atoms with E-state index in [9.17, 15) is 32.9 Å². The smallest absolute Gasteiger partial charge is 0.339 e. The van der Waals surface area contributed by atoms with Crippen molar-refractivity contribution in [3.8, 4) is 5.75 Å². The van der Waals surface area contributed by atoms with Crippen LogP contribution in [0.4, 0.5) is 10.5 Å². The van der Waals surface area contributed by atoms with E-state index >= 15 is 0 Å². The molecule has 0 aliphatic heterocycles. The number of ether oxygens (including phenoxy) is 1. The highest BCUT2D eigenvalue weighted by Crippen LogP contribution is 2.22. The Morgan fingerprint density at radius 3 is 2.33 bits per heavy atom. The van der Waals surface area contributed by atoms with Gasteiger partial charge < -0.3 is 14.7 Å². The quantitative estimate of drug-likeness (QED) is 0.277. The van der Waals surface area contributed by atoms with E-state index in [2.05, 4.69) is 0 Å². The molecule has 0 saturated carbocycles. The van der Waals surface area contributed by atoms with Gasteiger partial charge in [-0.3, -0.25) is 20.2 Å². The summed E-state index contributed by atoms with van der Waals surface area (Å²) in [6.45, 7) is 1.22. The van der Waals surface area contributed by atoms with Gasteiger partial charge in [-0.25, -0.2) is 9.59 Å². The number of benzene rings is 2. The van der Waals surface area contributed by atoms with Crippen LogP contribution in [0.25, 0.3) is 0 Å². The largest absolute Gasteiger partial charge is 0.449 e. The molecule has 0 aliphatic rings. The maximum atomic E-state index is 12.3. The second-order valence-electron chi connectivity index (χ2n) is 5.72. The van der Waals surface area contributed by atoms with Gasteiger partial charge in [0.25, 0.3) is 11.6 Å². The first-order chi connectivity index (χ1) is 14.0. The standard InChI is InChI=1S/C17H15N3O9S/c1-10(15(21)19-17(18)23)28-16(22)11-5-7-13(8-6-11)29-30(26,27)14-4-2-3-12(9-14)20(24)25/h2-10H,1H3,(H3,18,19,21,23)/t10-/m1/s1. The lowest BCUT2D eigenvalue weighted by atomic mass is 10.2. The average Bonchev–Trinajstić information content (AvgIpc) is 2.67. The highest BCUT2D eigenvalue weighted by Gasteiger charge is 2.22. The SMILES string of the molecule is C[C@@H](OC(=O)c1ccc(OS(=O)(=O)c2cccc([N+](=O)[O-])c2)cc1)C(=O)NC(N)=O. The van der Waals surface area contributed by atoms with Crippen LogP contribution >= 0.6 is 0 Å². The minimum atomic E-state index is -4.36. The van der Waals surface area contributed by atoms with E-state index in [-0.39, 0.29) is 11.3 Å². The predicted octanol–water partition coefficient (Wildman–Crippen LogP) is 1.10. The third kappa shape index (κ3) is 5.75. The molecule has 3 amide bonds. The average molecular weight is 437 g/mol. The summed E-state index contributed by atoms with van der Waals surface area (Å²) in [5.74, 6) is -2.01. The van der Waals surface area contributed by atoms with E-state index in [1.54, 1.807) is 5.32 Å². The van der Waals surface area contributed by atoms with E-state index in [4.69, 9.17) is 14.7 Å². The monoisotopic (exact) mass is 437 g/mol. The van der Waals surface area contributed by atoms with Crippen LogP contribution in [0, 0.1) is 10.1 Å². The Labute approximate surface area is 169 Å². The molecule has 0 aromatic heterocycles. The van der Waals surface area contributed by atoms with Crippen molar-refractivity contribution in [2.24, 2.45) is 5.73 Å². The number of non-ortho nitro benzene ring substituents is 1. The predicted molar refractivity (Wildman–Crippen MR) is 100.0 cm³/mol. The summed E-state index contributed by atoms with van der Waals surface area (Å²) >= 11 is 0. The van der Waals surface area contributed by atoms with Crippen molar-refractivity contribution in [1.82, 2.24) is 5.32 Å². The van der Waals surface area contributed by atoms with Gasteiger partial charge in [0, 0.05) is 12.1 Å². The van der Waals surface area contributed by atoms with Crippen molar-refractivity contribution in [3.63, 3.8) is 0 Å². The Balaban J connectivity index is 2.09. The van der Waals surface area contributed by atoms with Crippen molar-refractivity contribution >= 4 is 33.7 Å². The van der Waals surface area contributed by atoms with Crippen molar-refractivity contribution < 1.29 is 36.6 Å². The van der Waals surface area contributed by atoms with Gasteiger partial charge in [0.15, 0.2) is 6.10 Å². The molecule has 2 aromatic rings. The van der Waals surface area contributed by atoms with E-state index in [0.717, 1.165) is 30.3 Å². The molecule has 3 N–H and O–H groups in total. The lowest BCUT2D eigenvalue weighted by molar-refractivity contribution is -0.385. The van der Waals surface area contributed by atoms with Crippen LogP contribution in [0.5, 0.6) is 5.75 Å².